The minimum absolute atomic E-state index is 0.281. The quantitative estimate of drug-likeness (QED) is 0.271. The monoisotopic (exact) mass is 462 g/mol. The van der Waals surface area contributed by atoms with Crippen molar-refractivity contribution < 1.29 is 9.90 Å². The molecule has 1 N–H and O–H groups in total. The van der Waals surface area contributed by atoms with Crippen molar-refractivity contribution in [3.63, 3.8) is 0 Å². The topological polar surface area (TPSA) is 40.5 Å². The van der Waals surface area contributed by atoms with Crippen molar-refractivity contribution in [2.75, 3.05) is 20.3 Å². The molecule has 3 rings (SSSR count). The van der Waals surface area contributed by atoms with Gasteiger partial charge in [0.25, 0.3) is 0 Å². The Balaban J connectivity index is 1.99. The molecule has 0 bridgehead atoms. The summed E-state index contributed by atoms with van der Waals surface area (Å²) in [6, 6.07) is 31.2. The number of hydrogen-bond donors (Lipinski definition) is 1. The molecule has 0 radical (unpaired) electrons. The molecule has 0 aliphatic rings. The number of unbranched alkanes of at least 4 members (excludes halogenated alkanes) is 4. The van der Waals surface area contributed by atoms with Gasteiger partial charge >= 0.3 is 5.97 Å². The zero-order valence-electron chi connectivity index (χ0n) is 20.0. The summed E-state index contributed by atoms with van der Waals surface area (Å²) < 4.78 is 0. The summed E-state index contributed by atoms with van der Waals surface area (Å²) in [5.41, 5.74) is 1.41. The molecular weight excluding hydrogens is 425 g/mol. The summed E-state index contributed by atoms with van der Waals surface area (Å²) in [4.78, 5) is 13.1. The Bertz CT molecular complexity index is 949. The molecule has 3 nitrogen and oxygen atoms in total. The highest BCUT2D eigenvalue weighted by Gasteiger charge is 2.46. The second-order valence-electron chi connectivity index (χ2n) is 8.98. The van der Waals surface area contributed by atoms with Gasteiger partial charge in [-0.25, -0.2) is 0 Å². The summed E-state index contributed by atoms with van der Waals surface area (Å²) in [5.74, 6) is -0.689. The number of carbonyl (C=O) groups is 1. The van der Waals surface area contributed by atoms with Crippen molar-refractivity contribution >= 4 is 29.1 Å². The van der Waals surface area contributed by atoms with E-state index in [9.17, 15) is 4.79 Å². The van der Waals surface area contributed by atoms with Crippen LogP contribution in [0.4, 0.5) is 0 Å². The zero-order chi connectivity index (χ0) is 23.5. The smallest absolute Gasteiger partial charge is 0.303 e. The van der Waals surface area contributed by atoms with Crippen LogP contribution in [0.1, 0.15) is 44.1 Å². The van der Waals surface area contributed by atoms with Gasteiger partial charge in [0.1, 0.15) is 23.2 Å². The van der Waals surface area contributed by atoms with Gasteiger partial charge in [-0.2, -0.15) is 0 Å². The molecule has 0 amide bonds. The lowest BCUT2D eigenvalue weighted by atomic mass is 10.1. The summed E-state index contributed by atoms with van der Waals surface area (Å²) in [7, 11) is 2.44. The Hall–Kier alpha value is -2.48. The maximum absolute atomic E-state index is 10.8. The lowest BCUT2D eigenvalue weighted by molar-refractivity contribution is -0.137. The van der Waals surface area contributed by atoms with Crippen molar-refractivity contribution in [3.05, 3.63) is 90.5 Å². The average Bonchev–Trinajstić information content (AvgIpc) is 2.82. The van der Waals surface area contributed by atoms with E-state index in [2.05, 4.69) is 104 Å². The van der Waals surface area contributed by atoms with Crippen molar-refractivity contribution in [2.24, 2.45) is 0 Å². The molecule has 0 heterocycles. The lowest BCUT2D eigenvalue weighted by Crippen LogP contribution is -2.36. The average molecular weight is 463 g/mol. The van der Waals surface area contributed by atoms with Crippen LogP contribution in [0, 0.1) is 0 Å². The van der Waals surface area contributed by atoms with Gasteiger partial charge in [0.05, 0.1) is 6.16 Å². The van der Waals surface area contributed by atoms with Crippen LogP contribution in [0.5, 0.6) is 0 Å². The van der Waals surface area contributed by atoms with Crippen LogP contribution in [0.2, 0.25) is 0 Å². The van der Waals surface area contributed by atoms with Crippen LogP contribution in [0.25, 0.3) is 0 Å². The summed E-state index contributed by atoms with van der Waals surface area (Å²) in [6.45, 7) is 0.923. The predicted molar refractivity (Wildman–Crippen MR) is 143 cm³/mol. The molecule has 33 heavy (non-hydrogen) atoms. The molecule has 0 saturated carbocycles. The molecule has 4 heteroatoms. The largest absolute Gasteiger partial charge is 0.481 e. The Morgan fingerprint density at radius 1 is 0.727 bits per heavy atom. The highest BCUT2D eigenvalue weighted by Crippen LogP contribution is 2.56. The SMILES string of the molecule is CN(C)Cc1ccccc1[P+](CCCCCCCC(=O)O)(c1ccccc1)c1ccccc1. The van der Waals surface area contributed by atoms with E-state index in [1.165, 1.54) is 21.5 Å². The van der Waals surface area contributed by atoms with E-state index in [0.29, 0.717) is 0 Å². The first kappa shape index (κ1) is 25.1. The number of carboxylic acid groups (broad SMARTS) is 1. The summed E-state index contributed by atoms with van der Waals surface area (Å²) in [5, 5.41) is 13.3. The summed E-state index contributed by atoms with van der Waals surface area (Å²) in [6.07, 6.45) is 6.55. The molecule has 0 fully saturated rings. The lowest BCUT2D eigenvalue weighted by Gasteiger charge is -2.30. The van der Waals surface area contributed by atoms with Crippen LogP contribution in [-0.2, 0) is 11.3 Å². The normalized spacial score (nSPS) is 11.6. The third kappa shape index (κ3) is 6.76. The number of rotatable bonds is 13. The fraction of sp³-hybridized carbons (Fsp3) is 0.345. The fourth-order valence-electron chi connectivity index (χ4n) is 4.68. The van der Waals surface area contributed by atoms with E-state index in [-0.39, 0.29) is 6.42 Å². The second-order valence-corrected chi connectivity index (χ2v) is 12.6. The van der Waals surface area contributed by atoms with E-state index >= 15 is 0 Å². The minimum Gasteiger partial charge on any atom is -0.481 e. The van der Waals surface area contributed by atoms with Gasteiger partial charge in [0.2, 0.25) is 0 Å². The Morgan fingerprint density at radius 2 is 1.24 bits per heavy atom. The molecular formula is C29H37NO2P+. The van der Waals surface area contributed by atoms with Crippen LogP contribution in [0.3, 0.4) is 0 Å². The van der Waals surface area contributed by atoms with Crippen LogP contribution >= 0.6 is 7.26 Å². The van der Waals surface area contributed by atoms with Gasteiger partial charge in [-0.1, -0.05) is 67.4 Å². The minimum atomic E-state index is -1.84. The highest BCUT2D eigenvalue weighted by atomic mass is 31.2. The van der Waals surface area contributed by atoms with Gasteiger partial charge < -0.3 is 10.0 Å². The van der Waals surface area contributed by atoms with Gasteiger partial charge in [-0.05, 0) is 63.7 Å². The predicted octanol–water partition coefficient (Wildman–Crippen LogP) is 5.47. The molecule has 0 aliphatic heterocycles. The number of carboxylic acids is 1. The maximum atomic E-state index is 10.8. The zero-order valence-corrected chi connectivity index (χ0v) is 20.9. The molecule has 0 saturated heterocycles. The van der Waals surface area contributed by atoms with Crippen molar-refractivity contribution in [1.29, 1.82) is 0 Å². The molecule has 0 unspecified atom stereocenters. The molecule has 3 aromatic rings. The van der Waals surface area contributed by atoms with Crippen LogP contribution < -0.4 is 15.9 Å². The number of hydrogen-bond acceptors (Lipinski definition) is 2. The molecule has 3 aromatic carbocycles. The van der Waals surface area contributed by atoms with E-state index in [0.717, 1.165) is 44.8 Å². The Morgan fingerprint density at radius 3 is 1.82 bits per heavy atom. The molecule has 0 spiro atoms. The number of aliphatic carboxylic acids is 1. The third-order valence-electron chi connectivity index (χ3n) is 6.17. The van der Waals surface area contributed by atoms with E-state index in [1.54, 1.807) is 0 Å². The first-order chi connectivity index (χ1) is 16.0. The fourth-order valence-corrected chi connectivity index (χ4v) is 9.33. The Kier molecular flexibility index (Phi) is 9.66. The van der Waals surface area contributed by atoms with Crippen molar-refractivity contribution in [1.82, 2.24) is 4.90 Å². The van der Waals surface area contributed by atoms with E-state index in [1.807, 2.05) is 0 Å². The Labute approximate surface area is 199 Å². The third-order valence-corrected chi connectivity index (χ3v) is 10.8. The van der Waals surface area contributed by atoms with Gasteiger partial charge in [0, 0.05) is 18.5 Å². The maximum Gasteiger partial charge on any atom is 0.303 e. The van der Waals surface area contributed by atoms with Crippen molar-refractivity contribution in [2.45, 2.75) is 45.1 Å². The molecule has 174 valence electrons. The van der Waals surface area contributed by atoms with Gasteiger partial charge in [-0.3, -0.25) is 4.79 Å². The molecule has 0 aromatic heterocycles. The first-order valence-electron chi connectivity index (χ1n) is 12.0. The number of benzene rings is 3. The summed E-state index contributed by atoms with van der Waals surface area (Å²) >= 11 is 0. The highest BCUT2D eigenvalue weighted by molar-refractivity contribution is 7.95. The first-order valence-corrected chi connectivity index (χ1v) is 14.0. The van der Waals surface area contributed by atoms with E-state index < -0.39 is 13.2 Å². The van der Waals surface area contributed by atoms with Gasteiger partial charge in [0.15, 0.2) is 0 Å². The molecule has 0 atom stereocenters. The van der Waals surface area contributed by atoms with Crippen LogP contribution in [-0.4, -0.2) is 36.2 Å². The van der Waals surface area contributed by atoms with Gasteiger partial charge in [-0.15, -0.1) is 0 Å². The molecule has 0 aliphatic carbocycles. The second kappa shape index (κ2) is 12.7. The van der Waals surface area contributed by atoms with Crippen LogP contribution in [0.15, 0.2) is 84.9 Å². The standard InChI is InChI=1S/C29H36NO2P/c1-30(2)24-25-16-13-14-21-28(25)33(26-17-8-6-9-18-26,27-19-10-7-11-20-27)23-15-5-3-4-12-22-29(31)32/h6-11,13-14,16-21H,3-5,12,15,22-24H2,1-2H3/p+1. The number of nitrogens with zero attached hydrogens (tertiary/aromatic N) is 1. The van der Waals surface area contributed by atoms with Crippen molar-refractivity contribution in [3.8, 4) is 0 Å². The van der Waals surface area contributed by atoms with E-state index in [4.69, 9.17) is 5.11 Å².